The molecule has 6 atom stereocenters. The first-order chi connectivity index (χ1) is 20.5. The second kappa shape index (κ2) is 14.9. The van der Waals surface area contributed by atoms with E-state index in [-0.39, 0.29) is 40.9 Å². The first-order valence-electron chi connectivity index (χ1n) is 16.4. The minimum atomic E-state index is -2.71. The number of hydrogen-bond acceptors (Lipinski definition) is 5. The van der Waals surface area contributed by atoms with Crippen molar-refractivity contribution in [3.63, 3.8) is 0 Å². The Morgan fingerprint density at radius 2 is 1.41 bits per heavy atom. The van der Waals surface area contributed by atoms with E-state index in [0.717, 1.165) is 24.8 Å². The maximum Gasteiger partial charge on any atom is 0.261 e. The van der Waals surface area contributed by atoms with Gasteiger partial charge in [0.15, 0.2) is 8.32 Å². The van der Waals surface area contributed by atoms with Gasteiger partial charge in [0.1, 0.15) is 0 Å². The Morgan fingerprint density at radius 3 is 1.84 bits per heavy atom. The molecule has 3 rings (SSSR count). The average Bonchev–Trinajstić information content (AvgIpc) is 2.98. The molecule has 0 radical (unpaired) electrons. The molecule has 1 fully saturated rings. The predicted molar refractivity (Wildman–Crippen MR) is 189 cm³/mol. The Kier molecular flexibility index (Phi) is 12.5. The third kappa shape index (κ3) is 8.22. The monoisotopic (exact) mass is 640 g/mol. The molecule has 0 amide bonds. The van der Waals surface area contributed by atoms with Gasteiger partial charge < -0.3 is 23.8 Å². The number of rotatable bonds is 12. The average molecular weight is 641 g/mol. The number of aliphatic hydroxyl groups is 2. The van der Waals surface area contributed by atoms with Gasteiger partial charge in [0.2, 0.25) is 0 Å². The van der Waals surface area contributed by atoms with E-state index in [1.165, 1.54) is 10.4 Å². The van der Waals surface area contributed by atoms with Crippen LogP contribution in [0, 0.1) is 11.8 Å². The fourth-order valence-electron chi connectivity index (χ4n) is 6.53. The van der Waals surface area contributed by atoms with Crippen molar-refractivity contribution in [2.24, 2.45) is 11.8 Å². The zero-order chi connectivity index (χ0) is 32.9. The molecule has 0 spiro atoms. The SMILES string of the molecule is CO[C@@H]1C[C@H](/C=C(\C)[C@@H](O[Si](C)(C)C(C)(C)C)[C@H](C)[C@H](O)CO)CC[C@H]1O[Si](c1ccccc1)(c1ccccc1)C(C)(C)C. The fraction of sp³-hybridized carbons (Fsp3) is 0.622. The summed E-state index contributed by atoms with van der Waals surface area (Å²) in [6.45, 7) is 22.0. The first kappa shape index (κ1) is 36.9. The zero-order valence-corrected chi connectivity index (χ0v) is 31.3. The predicted octanol–water partition coefficient (Wildman–Crippen LogP) is 7.07. The lowest BCUT2D eigenvalue weighted by molar-refractivity contribution is -0.0370. The van der Waals surface area contributed by atoms with E-state index >= 15 is 0 Å². The van der Waals surface area contributed by atoms with Crippen molar-refractivity contribution in [3.8, 4) is 0 Å². The van der Waals surface area contributed by atoms with Crippen LogP contribution in [0.3, 0.4) is 0 Å². The number of hydrogen-bond donors (Lipinski definition) is 2. The Labute approximate surface area is 270 Å². The van der Waals surface area contributed by atoms with Crippen LogP contribution in [-0.4, -0.2) is 65.0 Å². The fourth-order valence-corrected chi connectivity index (χ4v) is 12.7. The summed E-state index contributed by atoms with van der Waals surface area (Å²) in [5.41, 5.74) is 1.13. The van der Waals surface area contributed by atoms with Crippen molar-refractivity contribution in [1.29, 1.82) is 0 Å². The van der Waals surface area contributed by atoms with E-state index in [0.29, 0.717) is 5.92 Å². The molecule has 2 N–H and O–H groups in total. The molecule has 0 bridgehead atoms. The van der Waals surface area contributed by atoms with Crippen LogP contribution in [0.5, 0.6) is 0 Å². The van der Waals surface area contributed by atoms with Crippen LogP contribution in [0.15, 0.2) is 72.3 Å². The van der Waals surface area contributed by atoms with Crippen molar-refractivity contribution < 1.29 is 23.8 Å². The van der Waals surface area contributed by atoms with Crippen LogP contribution < -0.4 is 10.4 Å². The van der Waals surface area contributed by atoms with E-state index in [4.69, 9.17) is 13.6 Å². The van der Waals surface area contributed by atoms with Gasteiger partial charge in [-0.2, -0.15) is 0 Å². The quantitative estimate of drug-likeness (QED) is 0.192. The number of benzene rings is 2. The second-order valence-electron chi connectivity index (χ2n) is 15.5. The summed E-state index contributed by atoms with van der Waals surface area (Å²) in [4.78, 5) is 0. The van der Waals surface area contributed by atoms with Gasteiger partial charge in [-0.05, 0) is 71.2 Å². The summed E-state index contributed by atoms with van der Waals surface area (Å²) in [6.07, 6.45) is 3.94. The maximum atomic E-state index is 10.7. The van der Waals surface area contributed by atoms with Crippen molar-refractivity contribution in [2.45, 2.75) is 122 Å². The van der Waals surface area contributed by atoms with E-state index in [9.17, 15) is 10.2 Å². The molecule has 1 aliphatic rings. The molecule has 0 heterocycles. The highest BCUT2D eigenvalue weighted by atomic mass is 28.4. The highest BCUT2D eigenvalue weighted by molar-refractivity contribution is 6.99. The van der Waals surface area contributed by atoms with E-state index in [1.54, 1.807) is 0 Å². The van der Waals surface area contributed by atoms with Gasteiger partial charge in [0.05, 0.1) is 31.0 Å². The smallest absolute Gasteiger partial charge is 0.261 e. The molecule has 0 unspecified atom stereocenters. The third-order valence-electron chi connectivity index (χ3n) is 10.3. The highest BCUT2D eigenvalue weighted by Crippen LogP contribution is 2.42. The molecule has 2 aromatic rings. The Balaban J connectivity index is 1.93. The van der Waals surface area contributed by atoms with Gasteiger partial charge in [-0.1, -0.05) is 115 Å². The van der Waals surface area contributed by atoms with Crippen molar-refractivity contribution in [3.05, 3.63) is 72.3 Å². The number of ether oxygens (including phenoxy) is 1. The molecule has 44 heavy (non-hydrogen) atoms. The molecule has 1 saturated carbocycles. The lowest BCUT2D eigenvalue weighted by Gasteiger charge is -2.48. The van der Waals surface area contributed by atoms with E-state index in [1.807, 2.05) is 14.0 Å². The molecule has 5 nitrogen and oxygen atoms in total. The van der Waals surface area contributed by atoms with E-state index < -0.39 is 22.7 Å². The molecule has 2 aromatic carbocycles. The minimum Gasteiger partial charge on any atom is -0.410 e. The zero-order valence-electron chi connectivity index (χ0n) is 29.3. The standard InChI is InChI=1S/C37H60O5Si2/c1-27(35(28(2)32(39)26-38)42-43(10,11)36(3,4)5)24-29-22-23-33(34(25-29)40-9)41-44(37(6,7)8,30-18-14-12-15-19-30)31-20-16-13-17-21-31/h12-21,24,28-29,32-35,38-39H,22-23,25-26H2,1-11H3/b27-24+/t28-,29+,32-,33-,34-,35-/m1/s1. The van der Waals surface area contributed by atoms with Gasteiger partial charge in [-0.25, -0.2) is 0 Å². The first-order valence-corrected chi connectivity index (χ1v) is 21.3. The van der Waals surface area contributed by atoms with Crippen LogP contribution in [0.1, 0.15) is 74.7 Å². The number of allylic oxidation sites excluding steroid dienone is 1. The lowest BCUT2D eigenvalue weighted by Crippen LogP contribution is -2.68. The molecular weight excluding hydrogens is 581 g/mol. The van der Waals surface area contributed by atoms with Crippen molar-refractivity contribution >= 4 is 27.0 Å². The van der Waals surface area contributed by atoms with Crippen LogP contribution in [-0.2, 0) is 13.6 Å². The Hall–Kier alpha value is -1.59. The molecule has 0 saturated heterocycles. The highest BCUT2D eigenvalue weighted by Gasteiger charge is 2.52. The molecule has 246 valence electrons. The van der Waals surface area contributed by atoms with Crippen molar-refractivity contribution in [2.75, 3.05) is 13.7 Å². The molecule has 1 aliphatic carbocycles. The van der Waals surface area contributed by atoms with E-state index in [2.05, 4.69) is 128 Å². The summed E-state index contributed by atoms with van der Waals surface area (Å²) in [6, 6.07) is 21.7. The van der Waals surface area contributed by atoms with Crippen LogP contribution >= 0.6 is 0 Å². The molecule has 0 aromatic heterocycles. The summed E-state index contributed by atoms with van der Waals surface area (Å²) in [5, 5.41) is 22.9. The topological polar surface area (TPSA) is 68.2 Å². The third-order valence-corrected chi connectivity index (χ3v) is 19.8. The normalized spacial score (nSPS) is 22.8. The maximum absolute atomic E-state index is 10.7. The van der Waals surface area contributed by atoms with Gasteiger partial charge in [-0.3, -0.25) is 0 Å². The van der Waals surface area contributed by atoms with Gasteiger partial charge in [-0.15, -0.1) is 0 Å². The molecule has 0 aliphatic heterocycles. The summed E-state index contributed by atoms with van der Waals surface area (Å²) in [7, 11) is -3.02. The van der Waals surface area contributed by atoms with Gasteiger partial charge >= 0.3 is 0 Å². The molecule has 7 heteroatoms. The summed E-state index contributed by atoms with van der Waals surface area (Å²) in [5.74, 6) is 0.0846. The van der Waals surface area contributed by atoms with Crippen LogP contribution in [0.2, 0.25) is 23.2 Å². The van der Waals surface area contributed by atoms with Gasteiger partial charge in [0.25, 0.3) is 8.32 Å². The number of methoxy groups -OCH3 is 1. The summed E-state index contributed by atoms with van der Waals surface area (Å²) >= 11 is 0. The Bertz CT molecular complexity index is 1150. The van der Waals surface area contributed by atoms with Crippen LogP contribution in [0.4, 0.5) is 0 Å². The second-order valence-corrected chi connectivity index (χ2v) is 24.5. The molecular formula is C37H60O5Si2. The lowest BCUT2D eigenvalue weighted by atomic mass is 9.82. The van der Waals surface area contributed by atoms with Gasteiger partial charge in [0, 0.05) is 13.0 Å². The minimum absolute atomic E-state index is 0.0225. The number of aliphatic hydroxyl groups excluding tert-OH is 2. The van der Waals surface area contributed by atoms with Crippen molar-refractivity contribution in [1.82, 2.24) is 0 Å². The summed E-state index contributed by atoms with van der Waals surface area (Å²) < 4.78 is 20.6. The largest absolute Gasteiger partial charge is 0.410 e. The Morgan fingerprint density at radius 1 is 0.886 bits per heavy atom. The van der Waals surface area contributed by atoms with Crippen LogP contribution in [0.25, 0.3) is 0 Å².